The molecule has 0 heterocycles. The van der Waals surface area contributed by atoms with Crippen molar-refractivity contribution in [3.05, 3.63) is 12.2 Å². The zero-order chi connectivity index (χ0) is 5.61. The standard InChI is InChI=1S/C7H12Si/c8-7-3-1-6(5-7)2-4-7/h1,3,6H,2,4-5H2,8H3. The number of allylic oxidation sites excluding steroid dienone is 2. The van der Waals surface area contributed by atoms with Crippen LogP contribution in [-0.2, 0) is 0 Å². The fraction of sp³-hybridized carbons (Fsp3) is 0.714. The average molecular weight is 124 g/mol. The molecule has 1 fully saturated rings. The van der Waals surface area contributed by atoms with E-state index in [-0.39, 0.29) is 0 Å². The van der Waals surface area contributed by atoms with E-state index in [9.17, 15) is 0 Å². The van der Waals surface area contributed by atoms with Crippen LogP contribution in [0.4, 0.5) is 0 Å². The molecule has 2 rings (SSSR count). The molecule has 2 aliphatic carbocycles. The van der Waals surface area contributed by atoms with Crippen LogP contribution in [0, 0.1) is 5.92 Å². The van der Waals surface area contributed by atoms with Gasteiger partial charge in [0.15, 0.2) is 0 Å². The smallest absolute Gasteiger partial charge is 0.0154 e. The molecule has 8 heavy (non-hydrogen) atoms. The zero-order valence-corrected chi connectivity index (χ0v) is 7.35. The van der Waals surface area contributed by atoms with Crippen molar-refractivity contribution in [1.82, 2.24) is 0 Å². The molecule has 2 bridgehead atoms. The van der Waals surface area contributed by atoms with E-state index < -0.39 is 0 Å². The Morgan fingerprint density at radius 1 is 1.62 bits per heavy atom. The summed E-state index contributed by atoms with van der Waals surface area (Å²) in [6.45, 7) is 0. The molecule has 1 heteroatoms. The van der Waals surface area contributed by atoms with Gasteiger partial charge in [0.2, 0.25) is 0 Å². The number of hydrogen-bond donors (Lipinski definition) is 0. The molecule has 0 spiro atoms. The first-order chi connectivity index (χ1) is 3.79. The maximum Gasteiger partial charge on any atom is 0.0154 e. The molecule has 0 nitrogen and oxygen atoms in total. The second-order valence-electron chi connectivity index (χ2n) is 3.52. The highest BCUT2D eigenvalue weighted by Crippen LogP contribution is 2.52. The average Bonchev–Trinajstić information content (AvgIpc) is 2.21. The van der Waals surface area contributed by atoms with Gasteiger partial charge >= 0.3 is 0 Å². The Balaban J connectivity index is 2.33. The summed E-state index contributed by atoms with van der Waals surface area (Å²) in [5.74, 6) is 0.993. The van der Waals surface area contributed by atoms with E-state index in [4.69, 9.17) is 0 Å². The van der Waals surface area contributed by atoms with Gasteiger partial charge in [-0.15, -0.1) is 0 Å². The highest BCUT2D eigenvalue weighted by atomic mass is 28.1. The fourth-order valence-corrected chi connectivity index (χ4v) is 3.01. The molecule has 2 atom stereocenters. The van der Waals surface area contributed by atoms with Crippen LogP contribution >= 0.6 is 0 Å². The van der Waals surface area contributed by atoms with Crippen LogP contribution in [0.5, 0.6) is 0 Å². The third-order valence-electron chi connectivity index (χ3n) is 2.59. The van der Waals surface area contributed by atoms with Gasteiger partial charge in [-0.2, -0.15) is 0 Å². The minimum atomic E-state index is 0.769. The lowest BCUT2D eigenvalue weighted by atomic mass is 10.1. The van der Waals surface area contributed by atoms with Crippen molar-refractivity contribution >= 4 is 10.2 Å². The van der Waals surface area contributed by atoms with Crippen LogP contribution in [0.1, 0.15) is 19.3 Å². The summed E-state index contributed by atoms with van der Waals surface area (Å²) in [5, 5.41) is 0.769. The molecule has 2 aliphatic rings. The lowest BCUT2D eigenvalue weighted by Crippen LogP contribution is -1.99. The molecule has 0 aliphatic heterocycles. The Labute approximate surface area is 53.4 Å². The van der Waals surface area contributed by atoms with E-state index in [1.165, 1.54) is 29.5 Å². The van der Waals surface area contributed by atoms with Gasteiger partial charge in [0.1, 0.15) is 0 Å². The molecular weight excluding hydrogens is 112 g/mol. The Kier molecular flexibility index (Phi) is 0.760. The minimum absolute atomic E-state index is 0.769. The van der Waals surface area contributed by atoms with Gasteiger partial charge < -0.3 is 0 Å². The Morgan fingerprint density at radius 2 is 2.50 bits per heavy atom. The normalized spacial score (nSPS) is 51.2. The Morgan fingerprint density at radius 3 is 2.62 bits per heavy atom. The lowest BCUT2D eigenvalue weighted by molar-refractivity contribution is 0.698. The summed E-state index contributed by atoms with van der Waals surface area (Å²) in [7, 11) is 1.39. The summed E-state index contributed by atoms with van der Waals surface area (Å²) in [6.07, 6.45) is 9.38. The van der Waals surface area contributed by atoms with Gasteiger partial charge in [0.25, 0.3) is 0 Å². The van der Waals surface area contributed by atoms with Crippen LogP contribution in [0.25, 0.3) is 0 Å². The second kappa shape index (κ2) is 1.27. The van der Waals surface area contributed by atoms with Gasteiger partial charge in [-0.25, -0.2) is 0 Å². The predicted octanol–water partition coefficient (Wildman–Crippen LogP) is 0.880. The summed E-state index contributed by atoms with van der Waals surface area (Å²) in [6, 6.07) is 0. The SMILES string of the molecule is [SiH3]C12C=CC(CC1)C2. The second-order valence-corrected chi connectivity index (χ2v) is 5.51. The van der Waals surface area contributed by atoms with Crippen molar-refractivity contribution in [2.45, 2.75) is 24.3 Å². The summed E-state index contributed by atoms with van der Waals surface area (Å²) in [5.41, 5.74) is 0. The summed E-state index contributed by atoms with van der Waals surface area (Å²) < 4.78 is 0. The quantitative estimate of drug-likeness (QED) is 0.332. The van der Waals surface area contributed by atoms with Crippen molar-refractivity contribution in [2.24, 2.45) is 5.92 Å². The van der Waals surface area contributed by atoms with Crippen molar-refractivity contribution in [3.63, 3.8) is 0 Å². The maximum atomic E-state index is 2.47. The molecular formula is C7H12Si. The first kappa shape index (κ1) is 4.80. The van der Waals surface area contributed by atoms with Crippen LogP contribution in [0.15, 0.2) is 12.2 Å². The molecule has 2 unspecified atom stereocenters. The van der Waals surface area contributed by atoms with Crippen molar-refractivity contribution in [3.8, 4) is 0 Å². The third kappa shape index (κ3) is 0.509. The summed E-state index contributed by atoms with van der Waals surface area (Å²) >= 11 is 0. The molecule has 0 amide bonds. The first-order valence-corrected chi connectivity index (χ1v) is 4.48. The zero-order valence-electron chi connectivity index (χ0n) is 5.35. The Hall–Kier alpha value is -0.0431. The molecule has 44 valence electrons. The minimum Gasteiger partial charge on any atom is -0.0857 e. The molecule has 0 aromatic heterocycles. The van der Waals surface area contributed by atoms with E-state index >= 15 is 0 Å². The molecule has 0 aromatic carbocycles. The molecule has 0 saturated heterocycles. The van der Waals surface area contributed by atoms with Crippen LogP contribution in [-0.4, -0.2) is 10.2 Å². The van der Waals surface area contributed by atoms with Crippen LogP contribution < -0.4 is 0 Å². The van der Waals surface area contributed by atoms with Crippen molar-refractivity contribution in [2.75, 3.05) is 0 Å². The maximum absolute atomic E-state index is 2.47. The monoisotopic (exact) mass is 124 g/mol. The first-order valence-electron chi connectivity index (χ1n) is 3.48. The molecule has 1 saturated carbocycles. The van der Waals surface area contributed by atoms with Gasteiger partial charge in [-0.3, -0.25) is 0 Å². The molecule has 0 N–H and O–H groups in total. The largest absolute Gasteiger partial charge is 0.0857 e. The van der Waals surface area contributed by atoms with E-state index in [0.717, 1.165) is 11.0 Å². The van der Waals surface area contributed by atoms with Gasteiger partial charge in [-0.1, -0.05) is 12.2 Å². The van der Waals surface area contributed by atoms with Gasteiger partial charge in [-0.05, 0) is 30.2 Å². The number of rotatable bonds is 0. The topological polar surface area (TPSA) is 0 Å². The number of fused-ring (bicyclic) bond motifs is 2. The van der Waals surface area contributed by atoms with Crippen molar-refractivity contribution < 1.29 is 0 Å². The van der Waals surface area contributed by atoms with Crippen LogP contribution in [0.3, 0.4) is 0 Å². The van der Waals surface area contributed by atoms with E-state index in [1.807, 2.05) is 0 Å². The van der Waals surface area contributed by atoms with Crippen molar-refractivity contribution in [1.29, 1.82) is 0 Å². The summed E-state index contributed by atoms with van der Waals surface area (Å²) in [4.78, 5) is 0. The van der Waals surface area contributed by atoms with Gasteiger partial charge in [0.05, 0.1) is 0 Å². The van der Waals surface area contributed by atoms with Gasteiger partial charge in [0, 0.05) is 10.2 Å². The number of hydrogen-bond acceptors (Lipinski definition) is 0. The highest BCUT2D eigenvalue weighted by Gasteiger charge is 2.35. The Bertz CT molecular complexity index is 139. The van der Waals surface area contributed by atoms with Crippen LogP contribution in [0.2, 0.25) is 5.04 Å². The van der Waals surface area contributed by atoms with E-state index in [0.29, 0.717) is 0 Å². The highest BCUT2D eigenvalue weighted by molar-refractivity contribution is 6.17. The third-order valence-corrected chi connectivity index (χ3v) is 3.83. The molecule has 0 aromatic rings. The van der Waals surface area contributed by atoms with E-state index in [2.05, 4.69) is 12.2 Å². The van der Waals surface area contributed by atoms with E-state index in [1.54, 1.807) is 0 Å². The fourth-order valence-electron chi connectivity index (χ4n) is 2.00. The lowest BCUT2D eigenvalue weighted by Gasteiger charge is -2.14. The molecule has 0 radical (unpaired) electrons. The predicted molar refractivity (Wildman–Crippen MR) is 39.1 cm³/mol.